The third kappa shape index (κ3) is 3.26. The van der Waals surface area contributed by atoms with Crippen LogP contribution in [0, 0.1) is 5.92 Å². The lowest BCUT2D eigenvalue weighted by atomic mass is 9.81. The summed E-state index contributed by atoms with van der Waals surface area (Å²) in [5.74, 6) is 1.75. The van der Waals surface area contributed by atoms with Crippen LogP contribution in [0.2, 0.25) is 0 Å². The van der Waals surface area contributed by atoms with Crippen LogP contribution in [0.4, 0.5) is 0 Å². The van der Waals surface area contributed by atoms with Crippen molar-refractivity contribution in [1.82, 2.24) is 5.32 Å². The number of hydrogen-bond donors (Lipinski definition) is 1. The maximum atomic E-state index is 5.34. The Morgan fingerprint density at radius 2 is 2.06 bits per heavy atom. The number of benzene rings is 1. The molecule has 1 aliphatic carbocycles. The molecule has 0 saturated heterocycles. The van der Waals surface area contributed by atoms with Gasteiger partial charge in [-0.1, -0.05) is 38.3 Å². The molecule has 2 heteroatoms. The number of methoxy groups -OCH3 is 1. The van der Waals surface area contributed by atoms with Gasteiger partial charge in [0.2, 0.25) is 0 Å². The number of nitrogens with one attached hydrogen (secondary N) is 1. The number of ether oxygens (including phenoxy) is 1. The highest BCUT2D eigenvalue weighted by molar-refractivity contribution is 5.31. The van der Waals surface area contributed by atoms with E-state index in [4.69, 9.17) is 4.74 Å². The summed E-state index contributed by atoms with van der Waals surface area (Å²) in [5, 5.41) is 3.66. The fourth-order valence-corrected chi connectivity index (χ4v) is 3.08. The largest absolute Gasteiger partial charge is 0.497 e. The van der Waals surface area contributed by atoms with Gasteiger partial charge in [-0.25, -0.2) is 0 Å². The summed E-state index contributed by atoms with van der Waals surface area (Å²) in [6.07, 6.45) is 6.89. The maximum absolute atomic E-state index is 5.34. The van der Waals surface area contributed by atoms with Gasteiger partial charge in [0.25, 0.3) is 0 Å². The molecule has 0 radical (unpaired) electrons. The standard InChI is InChI=1S/C16H25NO/c1-3-17-16(13-8-5-4-6-9-13)14-10-7-11-15(12-14)18-2/h7,10-13,16-17H,3-6,8-9H2,1-2H3. The van der Waals surface area contributed by atoms with Gasteiger partial charge >= 0.3 is 0 Å². The first-order valence-corrected chi connectivity index (χ1v) is 7.22. The fourth-order valence-electron chi connectivity index (χ4n) is 3.08. The lowest BCUT2D eigenvalue weighted by Gasteiger charge is -2.31. The Morgan fingerprint density at radius 3 is 2.72 bits per heavy atom. The molecule has 100 valence electrons. The molecular weight excluding hydrogens is 222 g/mol. The van der Waals surface area contributed by atoms with E-state index in [1.807, 2.05) is 6.07 Å². The summed E-state index contributed by atoms with van der Waals surface area (Å²) in [6, 6.07) is 9.02. The average molecular weight is 247 g/mol. The van der Waals surface area contributed by atoms with Crippen LogP contribution in [-0.4, -0.2) is 13.7 Å². The van der Waals surface area contributed by atoms with E-state index in [9.17, 15) is 0 Å². The highest BCUT2D eigenvalue weighted by Gasteiger charge is 2.24. The lowest BCUT2D eigenvalue weighted by Crippen LogP contribution is -2.29. The Bertz CT molecular complexity index is 358. The first-order chi connectivity index (χ1) is 8.85. The minimum atomic E-state index is 0.491. The molecule has 0 spiro atoms. The van der Waals surface area contributed by atoms with E-state index >= 15 is 0 Å². The quantitative estimate of drug-likeness (QED) is 0.851. The van der Waals surface area contributed by atoms with Gasteiger partial charge in [-0.15, -0.1) is 0 Å². The van der Waals surface area contributed by atoms with E-state index in [1.165, 1.54) is 37.7 Å². The van der Waals surface area contributed by atoms with Crippen LogP contribution < -0.4 is 10.1 Å². The molecule has 1 saturated carbocycles. The summed E-state index contributed by atoms with van der Waals surface area (Å²) >= 11 is 0. The van der Waals surface area contributed by atoms with Crippen molar-refractivity contribution in [1.29, 1.82) is 0 Å². The van der Waals surface area contributed by atoms with Crippen molar-refractivity contribution >= 4 is 0 Å². The molecule has 1 atom stereocenters. The van der Waals surface area contributed by atoms with Crippen molar-refractivity contribution in [3.63, 3.8) is 0 Å². The first-order valence-electron chi connectivity index (χ1n) is 7.22. The minimum absolute atomic E-state index is 0.491. The molecule has 18 heavy (non-hydrogen) atoms. The van der Waals surface area contributed by atoms with E-state index in [0.717, 1.165) is 18.2 Å². The molecule has 2 rings (SSSR count). The average Bonchev–Trinajstić information content (AvgIpc) is 2.46. The van der Waals surface area contributed by atoms with Gasteiger partial charge in [0, 0.05) is 6.04 Å². The SMILES string of the molecule is CCNC(c1cccc(OC)c1)C1CCCCC1. The third-order valence-corrected chi connectivity index (χ3v) is 4.00. The Morgan fingerprint density at radius 1 is 1.28 bits per heavy atom. The minimum Gasteiger partial charge on any atom is -0.497 e. The van der Waals surface area contributed by atoms with Gasteiger partial charge < -0.3 is 10.1 Å². The molecule has 1 aliphatic rings. The van der Waals surface area contributed by atoms with Crippen LogP contribution >= 0.6 is 0 Å². The van der Waals surface area contributed by atoms with Crippen LogP contribution in [0.3, 0.4) is 0 Å². The van der Waals surface area contributed by atoms with E-state index in [-0.39, 0.29) is 0 Å². The zero-order valence-corrected chi connectivity index (χ0v) is 11.6. The molecule has 0 amide bonds. The normalized spacial score (nSPS) is 18.6. The van der Waals surface area contributed by atoms with Crippen LogP contribution in [0.1, 0.15) is 50.6 Å². The van der Waals surface area contributed by atoms with Crippen molar-refractivity contribution in [2.75, 3.05) is 13.7 Å². The number of hydrogen-bond acceptors (Lipinski definition) is 2. The van der Waals surface area contributed by atoms with Crippen LogP contribution in [0.25, 0.3) is 0 Å². The fraction of sp³-hybridized carbons (Fsp3) is 0.625. The Labute approximate surface area is 111 Å². The highest BCUT2D eigenvalue weighted by Crippen LogP contribution is 2.35. The second-order valence-corrected chi connectivity index (χ2v) is 5.21. The van der Waals surface area contributed by atoms with Crippen LogP contribution in [0.15, 0.2) is 24.3 Å². The van der Waals surface area contributed by atoms with Crippen molar-refractivity contribution in [2.45, 2.75) is 45.1 Å². The summed E-state index contributed by atoms with van der Waals surface area (Å²) in [7, 11) is 1.74. The molecule has 0 heterocycles. The van der Waals surface area contributed by atoms with Crippen molar-refractivity contribution in [3.8, 4) is 5.75 Å². The summed E-state index contributed by atoms with van der Waals surface area (Å²) < 4.78 is 5.34. The highest BCUT2D eigenvalue weighted by atomic mass is 16.5. The maximum Gasteiger partial charge on any atom is 0.119 e. The zero-order chi connectivity index (χ0) is 12.8. The van der Waals surface area contributed by atoms with Crippen LogP contribution in [0.5, 0.6) is 5.75 Å². The van der Waals surface area contributed by atoms with Gasteiger partial charge in [-0.05, 0) is 43.0 Å². The summed E-state index contributed by atoms with van der Waals surface area (Å²) in [5.41, 5.74) is 1.38. The predicted octanol–water partition coefficient (Wildman–Crippen LogP) is 3.93. The van der Waals surface area contributed by atoms with Gasteiger partial charge in [0.05, 0.1) is 7.11 Å². The van der Waals surface area contributed by atoms with Gasteiger partial charge in [0.15, 0.2) is 0 Å². The van der Waals surface area contributed by atoms with Gasteiger partial charge in [0.1, 0.15) is 5.75 Å². The monoisotopic (exact) mass is 247 g/mol. The smallest absolute Gasteiger partial charge is 0.119 e. The molecule has 1 N–H and O–H groups in total. The Hall–Kier alpha value is -1.02. The second-order valence-electron chi connectivity index (χ2n) is 5.21. The topological polar surface area (TPSA) is 21.3 Å². The summed E-state index contributed by atoms with van der Waals surface area (Å²) in [4.78, 5) is 0. The predicted molar refractivity (Wildman–Crippen MR) is 76.0 cm³/mol. The zero-order valence-electron chi connectivity index (χ0n) is 11.6. The van der Waals surface area contributed by atoms with Crippen molar-refractivity contribution in [2.24, 2.45) is 5.92 Å². The van der Waals surface area contributed by atoms with E-state index in [0.29, 0.717) is 6.04 Å². The molecule has 0 aromatic heterocycles. The van der Waals surface area contributed by atoms with E-state index in [2.05, 4.69) is 30.4 Å². The molecule has 0 aliphatic heterocycles. The Balaban J connectivity index is 2.16. The molecule has 1 fully saturated rings. The van der Waals surface area contributed by atoms with Gasteiger partial charge in [-0.2, -0.15) is 0 Å². The number of rotatable bonds is 5. The summed E-state index contributed by atoms with van der Waals surface area (Å²) in [6.45, 7) is 3.22. The molecular formula is C16H25NO. The molecule has 1 aromatic rings. The molecule has 0 bridgehead atoms. The van der Waals surface area contributed by atoms with E-state index < -0.39 is 0 Å². The lowest BCUT2D eigenvalue weighted by molar-refractivity contribution is 0.274. The van der Waals surface area contributed by atoms with Crippen molar-refractivity contribution < 1.29 is 4.74 Å². The van der Waals surface area contributed by atoms with Crippen LogP contribution in [-0.2, 0) is 0 Å². The second kappa shape index (κ2) is 6.79. The molecule has 2 nitrogen and oxygen atoms in total. The molecule has 1 aromatic carbocycles. The first kappa shape index (κ1) is 13.4. The van der Waals surface area contributed by atoms with E-state index in [1.54, 1.807) is 7.11 Å². The van der Waals surface area contributed by atoms with Gasteiger partial charge in [-0.3, -0.25) is 0 Å². The molecule has 1 unspecified atom stereocenters. The van der Waals surface area contributed by atoms with Crippen molar-refractivity contribution in [3.05, 3.63) is 29.8 Å². The third-order valence-electron chi connectivity index (χ3n) is 4.00. The Kier molecular flexibility index (Phi) is 5.06.